The summed E-state index contributed by atoms with van der Waals surface area (Å²) in [6, 6.07) is 13.4. The van der Waals surface area contributed by atoms with Crippen molar-refractivity contribution in [2.24, 2.45) is 0 Å². The fraction of sp³-hybridized carbons (Fsp3) is 0.222. The number of hydrogen-bond acceptors (Lipinski definition) is 2. The molecule has 0 bridgehead atoms. The fourth-order valence-electron chi connectivity index (χ4n) is 2.53. The molecule has 0 spiro atoms. The van der Waals surface area contributed by atoms with Gasteiger partial charge in [0.2, 0.25) is 0 Å². The summed E-state index contributed by atoms with van der Waals surface area (Å²) in [4.78, 5) is 1.88. The predicted molar refractivity (Wildman–Crippen MR) is 87.5 cm³/mol. The molecule has 0 unspecified atom stereocenters. The van der Waals surface area contributed by atoms with E-state index in [0.717, 1.165) is 41.4 Å². The third kappa shape index (κ3) is 3.98. The second kappa shape index (κ2) is 6.81. The van der Waals surface area contributed by atoms with Gasteiger partial charge >= 0.3 is 6.18 Å². The zero-order valence-corrected chi connectivity index (χ0v) is 13.2. The van der Waals surface area contributed by atoms with E-state index in [2.05, 4.69) is 17.5 Å². The van der Waals surface area contributed by atoms with E-state index in [1.54, 1.807) is 0 Å². The largest absolute Gasteiger partial charge is 0.416 e. The maximum absolute atomic E-state index is 12.6. The Kier molecular flexibility index (Phi) is 4.78. The summed E-state index contributed by atoms with van der Waals surface area (Å²) in [7, 11) is 0. The highest BCUT2D eigenvalue weighted by atomic mass is 32.2. The number of nitrogens with one attached hydrogen (secondary N) is 1. The third-order valence-electron chi connectivity index (χ3n) is 3.71. The quantitative estimate of drug-likeness (QED) is 0.824. The predicted octanol–water partition coefficient (Wildman–Crippen LogP) is 5.23. The summed E-state index contributed by atoms with van der Waals surface area (Å²) in [5.41, 5.74) is 1.84. The van der Waals surface area contributed by atoms with Gasteiger partial charge in [0.05, 0.1) is 5.56 Å². The van der Waals surface area contributed by atoms with Crippen molar-refractivity contribution >= 4 is 17.3 Å². The molecule has 3 rings (SSSR count). The van der Waals surface area contributed by atoms with Crippen molar-refractivity contribution in [2.45, 2.75) is 22.4 Å². The summed E-state index contributed by atoms with van der Waals surface area (Å²) in [6.45, 7) is 1.81. The van der Waals surface area contributed by atoms with Crippen LogP contribution in [-0.2, 0) is 6.18 Å². The number of rotatable bonds is 3. The SMILES string of the molecule is FC(F)(F)c1ccc(Sc2ccccc2C2=CCNCC2)cc1. The maximum Gasteiger partial charge on any atom is 0.416 e. The molecule has 0 saturated carbocycles. The van der Waals surface area contributed by atoms with Gasteiger partial charge in [0.25, 0.3) is 0 Å². The minimum Gasteiger partial charge on any atom is -0.313 e. The van der Waals surface area contributed by atoms with Crippen molar-refractivity contribution in [3.8, 4) is 0 Å². The van der Waals surface area contributed by atoms with Gasteiger partial charge in [-0.15, -0.1) is 0 Å². The van der Waals surface area contributed by atoms with Gasteiger partial charge in [-0.25, -0.2) is 0 Å². The maximum atomic E-state index is 12.6. The number of benzene rings is 2. The summed E-state index contributed by atoms with van der Waals surface area (Å²) in [6.07, 6.45) is -1.15. The second-order valence-corrected chi connectivity index (χ2v) is 6.42. The van der Waals surface area contributed by atoms with E-state index in [4.69, 9.17) is 0 Å². The first-order valence-electron chi connectivity index (χ1n) is 7.38. The third-order valence-corrected chi connectivity index (χ3v) is 4.79. The van der Waals surface area contributed by atoms with E-state index >= 15 is 0 Å². The van der Waals surface area contributed by atoms with Crippen molar-refractivity contribution in [3.05, 3.63) is 65.7 Å². The van der Waals surface area contributed by atoms with Gasteiger partial charge in [-0.1, -0.05) is 36.0 Å². The average molecular weight is 335 g/mol. The van der Waals surface area contributed by atoms with Gasteiger partial charge in [-0.05, 0) is 54.4 Å². The van der Waals surface area contributed by atoms with E-state index < -0.39 is 11.7 Å². The first-order valence-corrected chi connectivity index (χ1v) is 8.20. The lowest BCUT2D eigenvalue weighted by molar-refractivity contribution is -0.137. The molecule has 0 amide bonds. The number of halogens is 3. The minimum atomic E-state index is -4.29. The van der Waals surface area contributed by atoms with E-state index in [1.807, 2.05) is 18.2 Å². The van der Waals surface area contributed by atoms with Crippen molar-refractivity contribution in [1.29, 1.82) is 0 Å². The molecule has 0 fully saturated rings. The Balaban J connectivity index is 1.84. The van der Waals surface area contributed by atoms with Crippen LogP contribution in [0.15, 0.2) is 64.4 Å². The highest BCUT2D eigenvalue weighted by molar-refractivity contribution is 7.99. The van der Waals surface area contributed by atoms with E-state index in [1.165, 1.54) is 35.0 Å². The van der Waals surface area contributed by atoms with Gasteiger partial charge in [0.15, 0.2) is 0 Å². The molecule has 0 radical (unpaired) electrons. The normalized spacial score (nSPS) is 15.3. The molecular formula is C18H16F3NS. The summed E-state index contributed by atoms with van der Waals surface area (Å²) in [5.74, 6) is 0. The zero-order valence-electron chi connectivity index (χ0n) is 12.4. The van der Waals surface area contributed by atoms with Gasteiger partial charge in [0.1, 0.15) is 0 Å². The average Bonchev–Trinajstić information content (AvgIpc) is 2.56. The van der Waals surface area contributed by atoms with E-state index in [9.17, 15) is 13.2 Å². The second-order valence-electron chi connectivity index (χ2n) is 5.30. The first kappa shape index (κ1) is 16.1. The highest BCUT2D eigenvalue weighted by Gasteiger charge is 2.29. The molecule has 1 heterocycles. The molecule has 120 valence electrons. The molecule has 0 atom stereocenters. The lowest BCUT2D eigenvalue weighted by Gasteiger charge is -2.17. The minimum absolute atomic E-state index is 0.615. The Hall–Kier alpha value is -1.72. The Morgan fingerprint density at radius 1 is 0.957 bits per heavy atom. The lowest BCUT2D eigenvalue weighted by atomic mass is 10.0. The summed E-state index contributed by atoms with van der Waals surface area (Å²) in [5, 5.41) is 3.28. The molecule has 5 heteroatoms. The topological polar surface area (TPSA) is 12.0 Å². The highest BCUT2D eigenvalue weighted by Crippen LogP contribution is 2.36. The molecular weight excluding hydrogens is 319 g/mol. The van der Waals surface area contributed by atoms with Crippen LogP contribution in [0.1, 0.15) is 17.5 Å². The first-order chi connectivity index (χ1) is 11.0. The van der Waals surface area contributed by atoms with E-state index in [0.29, 0.717) is 0 Å². The monoisotopic (exact) mass is 335 g/mol. The van der Waals surface area contributed by atoms with Crippen LogP contribution in [0.4, 0.5) is 13.2 Å². The number of alkyl halides is 3. The Morgan fingerprint density at radius 2 is 1.70 bits per heavy atom. The Labute approximate surface area is 137 Å². The molecule has 0 aliphatic carbocycles. The van der Waals surface area contributed by atoms with E-state index in [-0.39, 0.29) is 0 Å². The number of hydrogen-bond donors (Lipinski definition) is 1. The lowest BCUT2D eigenvalue weighted by Crippen LogP contribution is -2.20. The molecule has 2 aromatic carbocycles. The van der Waals surface area contributed by atoms with Crippen LogP contribution in [0.5, 0.6) is 0 Å². The Bertz CT molecular complexity index is 705. The van der Waals surface area contributed by atoms with Crippen LogP contribution in [0.2, 0.25) is 0 Å². The van der Waals surface area contributed by atoms with Gasteiger partial charge < -0.3 is 5.32 Å². The summed E-state index contributed by atoms with van der Waals surface area (Å²) >= 11 is 1.50. The molecule has 1 N–H and O–H groups in total. The van der Waals surface area contributed by atoms with Crippen LogP contribution >= 0.6 is 11.8 Å². The van der Waals surface area contributed by atoms with Gasteiger partial charge in [0, 0.05) is 16.3 Å². The van der Waals surface area contributed by atoms with Crippen LogP contribution in [0.25, 0.3) is 5.57 Å². The summed E-state index contributed by atoms with van der Waals surface area (Å²) < 4.78 is 37.9. The molecule has 1 aliphatic heterocycles. The van der Waals surface area contributed by atoms with Crippen molar-refractivity contribution in [2.75, 3.05) is 13.1 Å². The molecule has 0 saturated heterocycles. The van der Waals surface area contributed by atoms with Crippen LogP contribution in [0.3, 0.4) is 0 Å². The van der Waals surface area contributed by atoms with Crippen LogP contribution in [-0.4, -0.2) is 13.1 Å². The molecule has 2 aromatic rings. The molecule has 1 aliphatic rings. The fourth-order valence-corrected chi connectivity index (χ4v) is 3.51. The molecule has 0 aromatic heterocycles. The van der Waals surface area contributed by atoms with Crippen LogP contribution in [0, 0.1) is 0 Å². The van der Waals surface area contributed by atoms with Crippen molar-refractivity contribution < 1.29 is 13.2 Å². The Morgan fingerprint density at radius 3 is 2.35 bits per heavy atom. The molecule has 1 nitrogen and oxygen atoms in total. The van der Waals surface area contributed by atoms with Crippen molar-refractivity contribution in [3.63, 3.8) is 0 Å². The molecule has 23 heavy (non-hydrogen) atoms. The van der Waals surface area contributed by atoms with Gasteiger partial charge in [-0.2, -0.15) is 13.2 Å². The smallest absolute Gasteiger partial charge is 0.313 e. The van der Waals surface area contributed by atoms with Crippen LogP contribution < -0.4 is 5.32 Å². The standard InChI is InChI=1S/C18H16F3NS/c19-18(20,21)14-5-7-15(8-6-14)23-17-4-2-1-3-16(17)13-9-11-22-12-10-13/h1-9,22H,10-12H2. The zero-order chi connectivity index (χ0) is 16.3. The van der Waals surface area contributed by atoms with Gasteiger partial charge in [-0.3, -0.25) is 0 Å². The van der Waals surface area contributed by atoms with Crippen molar-refractivity contribution in [1.82, 2.24) is 5.32 Å².